The van der Waals surface area contributed by atoms with Gasteiger partial charge in [-0.3, -0.25) is 10.1 Å². The van der Waals surface area contributed by atoms with Crippen LogP contribution >= 0.6 is 0 Å². The third-order valence-electron chi connectivity index (χ3n) is 3.44. The van der Waals surface area contributed by atoms with E-state index in [1.165, 1.54) is 18.2 Å². The molecule has 0 aliphatic rings. The second-order valence-electron chi connectivity index (χ2n) is 5.26. The molecule has 7 heteroatoms. The molecule has 0 spiro atoms. The lowest BCUT2D eigenvalue weighted by atomic mass is 10.1. The van der Waals surface area contributed by atoms with Crippen LogP contribution in [0.25, 0.3) is 0 Å². The molecule has 2 aromatic carbocycles. The first-order valence-electron chi connectivity index (χ1n) is 7.60. The number of rotatable bonds is 6. The molecule has 130 valence electrons. The second-order valence-corrected chi connectivity index (χ2v) is 5.26. The van der Waals surface area contributed by atoms with Crippen LogP contribution in [-0.4, -0.2) is 23.5 Å². The molecular formula is C18H17NO6. The van der Waals surface area contributed by atoms with Crippen LogP contribution in [0.3, 0.4) is 0 Å². The molecule has 25 heavy (non-hydrogen) atoms. The Bertz CT molecular complexity index is 815. The Kier molecular flexibility index (Phi) is 5.84. The van der Waals surface area contributed by atoms with E-state index >= 15 is 0 Å². The molecule has 2 rings (SSSR count). The van der Waals surface area contributed by atoms with E-state index < -0.39 is 16.9 Å². The predicted octanol–water partition coefficient (Wildman–Crippen LogP) is 3.44. The Morgan fingerprint density at radius 2 is 1.72 bits per heavy atom. The third-order valence-corrected chi connectivity index (χ3v) is 3.44. The summed E-state index contributed by atoms with van der Waals surface area (Å²) in [5, 5.41) is 10.8. The summed E-state index contributed by atoms with van der Waals surface area (Å²) in [6, 6.07) is 10.6. The molecule has 0 amide bonds. The van der Waals surface area contributed by atoms with E-state index in [1.807, 2.05) is 0 Å². The van der Waals surface area contributed by atoms with Crippen LogP contribution in [0.2, 0.25) is 0 Å². The summed E-state index contributed by atoms with van der Waals surface area (Å²) in [6.45, 7) is 3.52. The minimum absolute atomic E-state index is 0.0257. The number of carbonyl (C=O) groups excluding carboxylic acids is 2. The molecule has 0 aliphatic heterocycles. The summed E-state index contributed by atoms with van der Waals surface area (Å²) in [7, 11) is 0. The van der Waals surface area contributed by atoms with Crippen LogP contribution in [0.5, 0.6) is 0 Å². The maximum absolute atomic E-state index is 12.1. The topological polar surface area (TPSA) is 95.7 Å². The quantitative estimate of drug-likeness (QED) is 0.453. The zero-order chi connectivity index (χ0) is 18.4. The number of esters is 2. The van der Waals surface area contributed by atoms with E-state index in [-0.39, 0.29) is 24.5 Å². The molecule has 7 nitrogen and oxygen atoms in total. The number of benzene rings is 2. The largest absolute Gasteiger partial charge is 0.462 e. The van der Waals surface area contributed by atoms with Crippen molar-refractivity contribution in [3.8, 4) is 0 Å². The van der Waals surface area contributed by atoms with Gasteiger partial charge in [0.1, 0.15) is 6.61 Å². The van der Waals surface area contributed by atoms with E-state index in [0.29, 0.717) is 16.7 Å². The molecule has 0 saturated carbocycles. The number of ether oxygens (including phenoxy) is 2. The maximum Gasteiger partial charge on any atom is 0.338 e. The van der Waals surface area contributed by atoms with Crippen molar-refractivity contribution in [1.82, 2.24) is 0 Å². The van der Waals surface area contributed by atoms with Gasteiger partial charge in [-0.25, -0.2) is 9.59 Å². The van der Waals surface area contributed by atoms with Crippen LogP contribution < -0.4 is 0 Å². The van der Waals surface area contributed by atoms with E-state index in [0.717, 1.165) is 0 Å². The predicted molar refractivity (Wildman–Crippen MR) is 89.4 cm³/mol. The highest BCUT2D eigenvalue weighted by Crippen LogP contribution is 2.19. The number of nitrogens with zero attached hydrogens (tertiary/aromatic N) is 1. The number of carbonyl (C=O) groups is 2. The number of aryl methyl sites for hydroxylation is 1. The van der Waals surface area contributed by atoms with Crippen molar-refractivity contribution in [2.75, 3.05) is 6.61 Å². The molecule has 0 unspecified atom stereocenters. The van der Waals surface area contributed by atoms with Gasteiger partial charge >= 0.3 is 11.9 Å². The first-order chi connectivity index (χ1) is 11.9. The minimum atomic E-state index is -0.598. The molecule has 0 aliphatic carbocycles. The summed E-state index contributed by atoms with van der Waals surface area (Å²) in [6.07, 6.45) is 0. The van der Waals surface area contributed by atoms with Gasteiger partial charge in [-0.2, -0.15) is 0 Å². The smallest absolute Gasteiger partial charge is 0.338 e. The monoisotopic (exact) mass is 343 g/mol. The highest BCUT2D eigenvalue weighted by Gasteiger charge is 2.15. The lowest BCUT2D eigenvalue weighted by Crippen LogP contribution is -2.08. The normalized spacial score (nSPS) is 10.2. The molecule has 0 heterocycles. The lowest BCUT2D eigenvalue weighted by molar-refractivity contribution is -0.385. The van der Waals surface area contributed by atoms with Crippen molar-refractivity contribution in [2.45, 2.75) is 20.5 Å². The second kappa shape index (κ2) is 8.05. The van der Waals surface area contributed by atoms with E-state index in [1.54, 1.807) is 38.1 Å². The highest BCUT2D eigenvalue weighted by atomic mass is 16.6. The average molecular weight is 343 g/mol. The van der Waals surface area contributed by atoms with E-state index in [2.05, 4.69) is 0 Å². The summed E-state index contributed by atoms with van der Waals surface area (Å²) < 4.78 is 10.1. The van der Waals surface area contributed by atoms with Gasteiger partial charge < -0.3 is 9.47 Å². The number of nitro benzene ring substituents is 1. The van der Waals surface area contributed by atoms with Gasteiger partial charge in [-0.15, -0.1) is 0 Å². The zero-order valence-corrected chi connectivity index (χ0v) is 13.9. The fourth-order valence-electron chi connectivity index (χ4n) is 2.22. The number of hydrogen-bond acceptors (Lipinski definition) is 6. The first-order valence-corrected chi connectivity index (χ1v) is 7.60. The molecular weight excluding hydrogens is 326 g/mol. The average Bonchev–Trinajstić information content (AvgIpc) is 2.59. The molecule has 0 saturated heterocycles. The molecule has 0 bridgehead atoms. The Morgan fingerprint density at radius 3 is 2.36 bits per heavy atom. The van der Waals surface area contributed by atoms with Gasteiger partial charge in [0.15, 0.2) is 0 Å². The van der Waals surface area contributed by atoms with Crippen LogP contribution in [0.15, 0.2) is 42.5 Å². The molecule has 0 atom stereocenters. The summed E-state index contributed by atoms with van der Waals surface area (Å²) in [5.41, 5.74) is 1.56. The molecule has 0 fully saturated rings. The van der Waals surface area contributed by atoms with Gasteiger partial charge in [0, 0.05) is 11.6 Å². The van der Waals surface area contributed by atoms with Crippen molar-refractivity contribution in [3.05, 3.63) is 74.8 Å². The van der Waals surface area contributed by atoms with Gasteiger partial charge in [0.2, 0.25) is 0 Å². The summed E-state index contributed by atoms with van der Waals surface area (Å²) >= 11 is 0. The maximum atomic E-state index is 12.1. The van der Waals surface area contributed by atoms with Crippen LogP contribution in [0, 0.1) is 17.0 Å². The van der Waals surface area contributed by atoms with Crippen LogP contribution in [0.1, 0.15) is 38.8 Å². The number of hydrogen-bond donors (Lipinski definition) is 0. The van der Waals surface area contributed by atoms with Crippen molar-refractivity contribution in [1.29, 1.82) is 0 Å². The summed E-state index contributed by atoms with van der Waals surface area (Å²) in [4.78, 5) is 34.1. The molecule has 2 aromatic rings. The Labute approximate surface area is 144 Å². The summed E-state index contributed by atoms with van der Waals surface area (Å²) in [5.74, 6) is -1.04. The SMILES string of the molecule is CCOC(=O)c1cccc(COC(=O)c2ccc([N+](=O)[O-])c(C)c2)c1. The Balaban J connectivity index is 2.05. The van der Waals surface area contributed by atoms with E-state index in [4.69, 9.17) is 9.47 Å². The molecule has 0 N–H and O–H groups in total. The first kappa shape index (κ1) is 18.1. The van der Waals surface area contributed by atoms with Crippen molar-refractivity contribution >= 4 is 17.6 Å². The van der Waals surface area contributed by atoms with E-state index in [9.17, 15) is 19.7 Å². The van der Waals surface area contributed by atoms with Crippen LogP contribution in [0.4, 0.5) is 5.69 Å². The molecule has 0 aromatic heterocycles. The standard InChI is InChI=1S/C18H17NO6/c1-3-24-17(20)14-6-4-5-13(10-14)11-25-18(21)15-7-8-16(19(22)23)12(2)9-15/h4-10H,3,11H2,1-2H3. The fraction of sp³-hybridized carbons (Fsp3) is 0.222. The molecule has 0 radical (unpaired) electrons. The lowest BCUT2D eigenvalue weighted by Gasteiger charge is -2.07. The van der Waals surface area contributed by atoms with Gasteiger partial charge in [0.25, 0.3) is 5.69 Å². The van der Waals surface area contributed by atoms with Gasteiger partial charge in [0.05, 0.1) is 22.7 Å². The van der Waals surface area contributed by atoms with Crippen molar-refractivity contribution in [2.24, 2.45) is 0 Å². The minimum Gasteiger partial charge on any atom is -0.462 e. The fourth-order valence-corrected chi connectivity index (χ4v) is 2.22. The van der Waals surface area contributed by atoms with Gasteiger partial charge in [-0.1, -0.05) is 12.1 Å². The third kappa shape index (κ3) is 4.63. The highest BCUT2D eigenvalue weighted by molar-refractivity contribution is 5.90. The Morgan fingerprint density at radius 1 is 1.04 bits per heavy atom. The zero-order valence-electron chi connectivity index (χ0n) is 13.9. The number of nitro groups is 1. The van der Waals surface area contributed by atoms with Crippen LogP contribution in [-0.2, 0) is 16.1 Å². The van der Waals surface area contributed by atoms with Gasteiger partial charge in [-0.05, 0) is 43.7 Å². The van der Waals surface area contributed by atoms with Crippen molar-refractivity contribution < 1.29 is 24.0 Å². The van der Waals surface area contributed by atoms with Crippen molar-refractivity contribution in [3.63, 3.8) is 0 Å². The Hall–Kier alpha value is -3.22.